The molecule has 0 amide bonds. The van der Waals surface area contributed by atoms with Gasteiger partial charge in [-0.15, -0.1) is 11.3 Å². The van der Waals surface area contributed by atoms with E-state index in [0.717, 1.165) is 4.70 Å². The lowest BCUT2D eigenvalue weighted by atomic mass is 10.0. The predicted molar refractivity (Wildman–Crippen MR) is 81.0 cm³/mol. The Morgan fingerprint density at radius 3 is 2.91 bits per heavy atom. The molecule has 0 saturated carbocycles. The number of fused-ring (bicyclic) bond motifs is 1. The van der Waals surface area contributed by atoms with Gasteiger partial charge in [-0.25, -0.2) is 14.5 Å². The third kappa shape index (κ3) is 1.92. The highest BCUT2D eigenvalue weighted by Crippen LogP contribution is 2.38. The normalized spacial score (nSPS) is 11.1. The first-order valence-electron chi connectivity index (χ1n) is 6.35. The molecule has 22 heavy (non-hydrogen) atoms. The third-order valence-electron chi connectivity index (χ3n) is 3.30. The molecule has 0 fully saturated rings. The average molecular weight is 313 g/mol. The molecule has 0 aliphatic carbocycles. The van der Waals surface area contributed by atoms with E-state index in [1.54, 1.807) is 24.0 Å². The van der Waals surface area contributed by atoms with Crippen molar-refractivity contribution in [3.8, 4) is 22.4 Å². The van der Waals surface area contributed by atoms with Gasteiger partial charge < -0.3 is 0 Å². The molecule has 0 saturated heterocycles. The van der Waals surface area contributed by atoms with E-state index in [1.165, 1.54) is 23.5 Å². The van der Waals surface area contributed by atoms with Crippen molar-refractivity contribution in [2.24, 2.45) is 0 Å². The van der Waals surface area contributed by atoms with Gasteiger partial charge >= 0.3 is 0 Å². The van der Waals surface area contributed by atoms with Crippen LogP contribution in [0.1, 0.15) is 0 Å². The number of hydrogen-bond donors (Lipinski definition) is 2. The van der Waals surface area contributed by atoms with Crippen molar-refractivity contribution in [3.05, 3.63) is 52.3 Å². The summed E-state index contributed by atoms with van der Waals surface area (Å²) >= 11 is 1.39. The van der Waals surface area contributed by atoms with Crippen LogP contribution in [0.15, 0.2) is 40.9 Å². The number of thiazole rings is 1. The number of aromatic nitrogens is 5. The molecule has 2 N–H and O–H groups in total. The van der Waals surface area contributed by atoms with E-state index in [0.29, 0.717) is 27.9 Å². The zero-order valence-corrected chi connectivity index (χ0v) is 11.8. The molecule has 0 atom stereocenters. The molecule has 108 valence electrons. The lowest BCUT2D eigenvalue weighted by molar-refractivity contribution is 0.633. The monoisotopic (exact) mass is 313 g/mol. The van der Waals surface area contributed by atoms with E-state index < -0.39 is 5.82 Å². The van der Waals surface area contributed by atoms with E-state index in [-0.39, 0.29) is 5.56 Å². The van der Waals surface area contributed by atoms with Crippen molar-refractivity contribution >= 4 is 21.6 Å². The standard InChI is InChI=1S/C14H8FN5OS/c15-9-3-8(10-1-2-11(21)20-19-10)14-13(16-6-22-14)12(9)7-4-17-18-5-7/h1-6H,(H,17,18)(H,20,21). The Kier molecular flexibility index (Phi) is 2.83. The molecule has 4 rings (SSSR count). The predicted octanol–water partition coefficient (Wildman–Crippen LogP) is 2.58. The van der Waals surface area contributed by atoms with Crippen LogP contribution in [0.5, 0.6) is 0 Å². The second kappa shape index (κ2) is 4.85. The van der Waals surface area contributed by atoms with Gasteiger partial charge in [-0.3, -0.25) is 9.89 Å². The van der Waals surface area contributed by atoms with Crippen LogP contribution in [0.2, 0.25) is 0 Å². The molecule has 0 bridgehead atoms. The van der Waals surface area contributed by atoms with Crippen molar-refractivity contribution < 1.29 is 4.39 Å². The molecule has 3 aromatic heterocycles. The van der Waals surface area contributed by atoms with Crippen LogP contribution in [0.3, 0.4) is 0 Å². The minimum Gasteiger partial charge on any atom is -0.285 e. The summed E-state index contributed by atoms with van der Waals surface area (Å²) in [6, 6.07) is 4.32. The number of nitrogens with one attached hydrogen (secondary N) is 2. The number of nitrogens with zero attached hydrogens (tertiary/aromatic N) is 3. The van der Waals surface area contributed by atoms with Crippen molar-refractivity contribution in [2.45, 2.75) is 0 Å². The maximum atomic E-state index is 14.6. The van der Waals surface area contributed by atoms with Gasteiger partial charge in [-0.1, -0.05) is 0 Å². The van der Waals surface area contributed by atoms with E-state index in [1.807, 2.05) is 0 Å². The minimum absolute atomic E-state index is 0.306. The first-order valence-corrected chi connectivity index (χ1v) is 7.23. The smallest absolute Gasteiger partial charge is 0.264 e. The molecule has 1 aromatic carbocycles. The number of aromatic amines is 2. The molecule has 0 aliphatic rings. The Balaban J connectivity index is 2.03. The van der Waals surface area contributed by atoms with Crippen molar-refractivity contribution in [1.29, 1.82) is 0 Å². The zero-order chi connectivity index (χ0) is 15.1. The highest BCUT2D eigenvalue weighted by molar-refractivity contribution is 7.17. The number of hydrogen-bond acceptors (Lipinski definition) is 5. The van der Waals surface area contributed by atoms with Gasteiger partial charge in [-0.05, 0) is 12.1 Å². The molecule has 0 unspecified atom stereocenters. The van der Waals surface area contributed by atoms with E-state index in [9.17, 15) is 9.18 Å². The summed E-state index contributed by atoms with van der Waals surface area (Å²) in [5.41, 5.74) is 4.02. The second-order valence-electron chi connectivity index (χ2n) is 4.60. The van der Waals surface area contributed by atoms with Gasteiger partial charge in [0, 0.05) is 29.0 Å². The summed E-state index contributed by atoms with van der Waals surface area (Å²) in [5.74, 6) is -0.414. The Labute approximate surface area is 126 Å². The van der Waals surface area contributed by atoms with Gasteiger partial charge in [0.05, 0.1) is 27.6 Å². The zero-order valence-electron chi connectivity index (χ0n) is 11.0. The molecule has 0 aliphatic heterocycles. The Hall–Kier alpha value is -2.87. The number of rotatable bonds is 2. The molecular formula is C14H8FN5OS. The highest BCUT2D eigenvalue weighted by atomic mass is 32.1. The van der Waals surface area contributed by atoms with E-state index in [2.05, 4.69) is 25.4 Å². The average Bonchev–Trinajstić information content (AvgIpc) is 3.18. The maximum Gasteiger partial charge on any atom is 0.264 e. The lowest BCUT2D eigenvalue weighted by Crippen LogP contribution is -2.05. The van der Waals surface area contributed by atoms with E-state index >= 15 is 0 Å². The fourth-order valence-electron chi connectivity index (χ4n) is 2.34. The SMILES string of the molecule is O=c1ccc(-c2cc(F)c(-c3cn[nH]c3)c3ncsc23)n[nH]1. The lowest BCUT2D eigenvalue weighted by Gasteiger charge is -2.07. The molecular weight excluding hydrogens is 305 g/mol. The van der Waals surface area contributed by atoms with Crippen LogP contribution in [-0.2, 0) is 0 Å². The largest absolute Gasteiger partial charge is 0.285 e. The van der Waals surface area contributed by atoms with Gasteiger partial charge in [0.1, 0.15) is 5.82 Å². The minimum atomic E-state index is -0.414. The summed E-state index contributed by atoms with van der Waals surface area (Å²) < 4.78 is 15.4. The Morgan fingerprint density at radius 1 is 1.27 bits per heavy atom. The van der Waals surface area contributed by atoms with Gasteiger partial charge in [-0.2, -0.15) is 10.2 Å². The van der Waals surface area contributed by atoms with Crippen LogP contribution in [-0.4, -0.2) is 25.4 Å². The number of H-pyrrole nitrogens is 2. The van der Waals surface area contributed by atoms with Crippen molar-refractivity contribution in [1.82, 2.24) is 25.4 Å². The van der Waals surface area contributed by atoms with Gasteiger partial charge in [0.2, 0.25) is 0 Å². The van der Waals surface area contributed by atoms with Gasteiger partial charge in [0.25, 0.3) is 5.56 Å². The summed E-state index contributed by atoms with van der Waals surface area (Å²) in [6.07, 6.45) is 3.17. The van der Waals surface area contributed by atoms with Crippen molar-refractivity contribution in [2.75, 3.05) is 0 Å². The fourth-order valence-corrected chi connectivity index (χ4v) is 3.16. The maximum absolute atomic E-state index is 14.6. The molecule has 6 nitrogen and oxygen atoms in total. The number of halogens is 1. The van der Waals surface area contributed by atoms with E-state index in [4.69, 9.17) is 0 Å². The number of benzene rings is 1. The molecule has 0 spiro atoms. The topological polar surface area (TPSA) is 87.3 Å². The fraction of sp³-hybridized carbons (Fsp3) is 0. The van der Waals surface area contributed by atoms with Crippen LogP contribution >= 0.6 is 11.3 Å². The quantitative estimate of drug-likeness (QED) is 0.595. The first-order chi connectivity index (χ1) is 10.7. The second-order valence-corrected chi connectivity index (χ2v) is 5.46. The molecule has 0 radical (unpaired) electrons. The molecule has 4 aromatic rings. The summed E-state index contributed by atoms with van der Waals surface area (Å²) in [4.78, 5) is 15.4. The van der Waals surface area contributed by atoms with Crippen LogP contribution < -0.4 is 5.56 Å². The summed E-state index contributed by atoms with van der Waals surface area (Å²) in [7, 11) is 0. The van der Waals surface area contributed by atoms with Crippen LogP contribution in [0.4, 0.5) is 4.39 Å². The van der Waals surface area contributed by atoms with Crippen LogP contribution in [0.25, 0.3) is 32.6 Å². The Morgan fingerprint density at radius 2 is 2.18 bits per heavy atom. The van der Waals surface area contributed by atoms with Crippen molar-refractivity contribution in [3.63, 3.8) is 0 Å². The van der Waals surface area contributed by atoms with Crippen LogP contribution in [0, 0.1) is 5.82 Å². The third-order valence-corrected chi connectivity index (χ3v) is 4.16. The molecule has 3 heterocycles. The first kappa shape index (κ1) is 12.8. The summed E-state index contributed by atoms with van der Waals surface area (Å²) in [6.45, 7) is 0. The van der Waals surface area contributed by atoms with Gasteiger partial charge in [0.15, 0.2) is 0 Å². The Bertz CT molecular complexity index is 1000. The highest BCUT2D eigenvalue weighted by Gasteiger charge is 2.18. The molecule has 8 heteroatoms. The summed E-state index contributed by atoms with van der Waals surface area (Å²) in [5, 5.41) is 12.9.